The first-order chi connectivity index (χ1) is 12.6. The first-order valence-corrected chi connectivity index (χ1v) is 11.4. The zero-order valence-electron chi connectivity index (χ0n) is 18.4. The monoisotopic (exact) mass is 366 g/mol. The van der Waals surface area contributed by atoms with Crippen molar-refractivity contribution in [1.29, 1.82) is 0 Å². The SMILES string of the molecule is CCCC.CCN1CCN2CCCCC2C1.CN1CC2CN(C)CC2C1. The second-order valence-electron chi connectivity index (χ2n) is 9.04. The van der Waals surface area contributed by atoms with Crippen molar-refractivity contribution in [2.75, 3.05) is 73.0 Å². The molecule has 0 N–H and O–H groups in total. The van der Waals surface area contributed by atoms with E-state index >= 15 is 0 Å². The molecule has 0 aromatic rings. The van der Waals surface area contributed by atoms with Crippen LogP contribution in [0, 0.1) is 11.8 Å². The smallest absolute Gasteiger partial charge is 0.0223 e. The third-order valence-corrected chi connectivity index (χ3v) is 6.72. The number of piperazine rings is 1. The maximum atomic E-state index is 2.69. The molecule has 1 atom stereocenters. The second-order valence-corrected chi connectivity index (χ2v) is 9.04. The van der Waals surface area contributed by atoms with E-state index in [2.05, 4.69) is 54.5 Å². The number of unbranched alkanes of at least 4 members (excludes halogenated alkanes) is 1. The minimum atomic E-state index is 0.896. The molecule has 4 heterocycles. The highest BCUT2D eigenvalue weighted by Gasteiger charge is 2.36. The predicted molar refractivity (Wildman–Crippen MR) is 114 cm³/mol. The summed E-state index contributed by atoms with van der Waals surface area (Å²) in [5.74, 6) is 1.96. The molecule has 4 nitrogen and oxygen atoms in total. The van der Waals surface area contributed by atoms with Crippen molar-refractivity contribution >= 4 is 0 Å². The van der Waals surface area contributed by atoms with E-state index < -0.39 is 0 Å². The van der Waals surface area contributed by atoms with E-state index in [1.54, 1.807) is 0 Å². The van der Waals surface area contributed by atoms with Crippen molar-refractivity contribution in [3.8, 4) is 0 Å². The number of hydrogen-bond acceptors (Lipinski definition) is 4. The topological polar surface area (TPSA) is 13.0 Å². The summed E-state index contributed by atoms with van der Waals surface area (Å²) in [7, 11) is 4.47. The van der Waals surface area contributed by atoms with Crippen LogP contribution in [0.1, 0.15) is 52.9 Å². The van der Waals surface area contributed by atoms with Crippen molar-refractivity contribution in [2.24, 2.45) is 11.8 Å². The lowest BCUT2D eigenvalue weighted by Gasteiger charge is -2.43. The van der Waals surface area contributed by atoms with E-state index in [1.807, 2.05) is 0 Å². The van der Waals surface area contributed by atoms with Gasteiger partial charge in [-0.25, -0.2) is 0 Å². The van der Waals surface area contributed by atoms with Gasteiger partial charge in [-0.1, -0.05) is 40.0 Å². The molecule has 4 fully saturated rings. The van der Waals surface area contributed by atoms with Crippen LogP contribution in [0.25, 0.3) is 0 Å². The molecule has 0 saturated carbocycles. The highest BCUT2D eigenvalue weighted by molar-refractivity contribution is 4.90. The second kappa shape index (κ2) is 11.6. The number of piperidine rings is 1. The van der Waals surface area contributed by atoms with E-state index in [4.69, 9.17) is 0 Å². The minimum absolute atomic E-state index is 0.896. The Kier molecular flexibility index (Phi) is 9.90. The van der Waals surface area contributed by atoms with Crippen LogP contribution >= 0.6 is 0 Å². The van der Waals surface area contributed by atoms with Crippen LogP contribution in [0.3, 0.4) is 0 Å². The van der Waals surface area contributed by atoms with Crippen molar-refractivity contribution in [1.82, 2.24) is 19.6 Å². The molecule has 154 valence electrons. The average molecular weight is 367 g/mol. The highest BCUT2D eigenvalue weighted by Crippen LogP contribution is 2.28. The molecule has 4 saturated heterocycles. The first kappa shape index (κ1) is 22.1. The Bertz CT molecular complexity index is 345. The molecule has 0 spiro atoms. The van der Waals surface area contributed by atoms with Crippen LogP contribution in [0.5, 0.6) is 0 Å². The van der Waals surface area contributed by atoms with Gasteiger partial charge in [-0.15, -0.1) is 0 Å². The van der Waals surface area contributed by atoms with Crippen LogP contribution in [-0.4, -0.2) is 98.6 Å². The van der Waals surface area contributed by atoms with Crippen LogP contribution in [0.2, 0.25) is 0 Å². The van der Waals surface area contributed by atoms with E-state index in [1.165, 1.54) is 91.0 Å². The molecule has 0 aromatic heterocycles. The molecule has 1 unspecified atom stereocenters. The normalized spacial score (nSPS) is 32.9. The molecule has 26 heavy (non-hydrogen) atoms. The van der Waals surface area contributed by atoms with Crippen LogP contribution in [0.4, 0.5) is 0 Å². The Labute approximate surface area is 163 Å². The molecule has 0 radical (unpaired) electrons. The largest absolute Gasteiger partial charge is 0.306 e. The van der Waals surface area contributed by atoms with Gasteiger partial charge in [0.2, 0.25) is 0 Å². The zero-order chi connectivity index (χ0) is 18.9. The fraction of sp³-hybridized carbons (Fsp3) is 1.00. The first-order valence-electron chi connectivity index (χ1n) is 11.4. The molecule has 4 heteroatoms. The molecular formula is C22H46N4. The van der Waals surface area contributed by atoms with Gasteiger partial charge in [0.25, 0.3) is 0 Å². The Balaban J connectivity index is 0.000000158. The third-order valence-electron chi connectivity index (χ3n) is 6.72. The third kappa shape index (κ3) is 6.78. The number of nitrogens with zero attached hydrogens (tertiary/aromatic N) is 4. The van der Waals surface area contributed by atoms with Crippen molar-refractivity contribution in [3.63, 3.8) is 0 Å². The maximum Gasteiger partial charge on any atom is 0.0223 e. The summed E-state index contributed by atoms with van der Waals surface area (Å²) in [6.07, 6.45) is 6.97. The lowest BCUT2D eigenvalue weighted by molar-refractivity contribution is 0.0522. The number of hydrogen-bond donors (Lipinski definition) is 0. The van der Waals surface area contributed by atoms with Gasteiger partial charge in [-0.3, -0.25) is 4.90 Å². The Morgan fingerprint density at radius 1 is 0.692 bits per heavy atom. The molecule has 0 bridgehead atoms. The highest BCUT2D eigenvalue weighted by atomic mass is 15.3. The van der Waals surface area contributed by atoms with Crippen molar-refractivity contribution < 1.29 is 0 Å². The van der Waals surface area contributed by atoms with Crippen LogP contribution in [0.15, 0.2) is 0 Å². The average Bonchev–Trinajstić information content (AvgIpc) is 3.17. The summed E-state index contributed by atoms with van der Waals surface area (Å²) in [5.41, 5.74) is 0. The van der Waals surface area contributed by atoms with Gasteiger partial charge in [-0.2, -0.15) is 0 Å². The summed E-state index contributed by atoms with van der Waals surface area (Å²) < 4.78 is 0. The maximum absolute atomic E-state index is 2.69. The molecule has 0 amide bonds. The summed E-state index contributed by atoms with van der Waals surface area (Å²) in [5, 5.41) is 0. The van der Waals surface area contributed by atoms with Gasteiger partial charge in [0.15, 0.2) is 0 Å². The Morgan fingerprint density at radius 2 is 1.27 bits per heavy atom. The minimum Gasteiger partial charge on any atom is -0.306 e. The van der Waals surface area contributed by atoms with Crippen molar-refractivity contribution in [2.45, 2.75) is 58.9 Å². The molecule has 4 aliphatic rings. The quantitative estimate of drug-likeness (QED) is 0.744. The summed E-state index contributed by atoms with van der Waals surface area (Å²) in [4.78, 5) is 10.2. The predicted octanol–water partition coefficient (Wildman–Crippen LogP) is 3.09. The van der Waals surface area contributed by atoms with Crippen molar-refractivity contribution in [3.05, 3.63) is 0 Å². The number of rotatable bonds is 2. The van der Waals surface area contributed by atoms with Gasteiger partial charge in [0.1, 0.15) is 0 Å². The molecule has 4 rings (SSSR count). The molecular weight excluding hydrogens is 320 g/mol. The Hall–Kier alpha value is -0.160. The summed E-state index contributed by atoms with van der Waals surface area (Å²) >= 11 is 0. The number of likely N-dealkylation sites (N-methyl/N-ethyl adjacent to an activating group) is 1. The molecule has 0 aliphatic carbocycles. The fourth-order valence-electron chi connectivity index (χ4n) is 4.97. The van der Waals surface area contributed by atoms with Gasteiger partial charge in [0, 0.05) is 51.9 Å². The summed E-state index contributed by atoms with van der Waals surface area (Å²) in [6, 6.07) is 0.896. The lowest BCUT2D eigenvalue weighted by atomic mass is 10.00. The number of likely N-dealkylation sites (tertiary alicyclic amines) is 2. The zero-order valence-corrected chi connectivity index (χ0v) is 18.4. The van der Waals surface area contributed by atoms with E-state index in [9.17, 15) is 0 Å². The van der Waals surface area contributed by atoms with E-state index in [0.29, 0.717) is 0 Å². The van der Waals surface area contributed by atoms with Gasteiger partial charge in [-0.05, 0) is 51.9 Å². The van der Waals surface area contributed by atoms with Crippen LogP contribution < -0.4 is 0 Å². The van der Waals surface area contributed by atoms with Gasteiger partial charge < -0.3 is 14.7 Å². The van der Waals surface area contributed by atoms with E-state index in [-0.39, 0.29) is 0 Å². The van der Waals surface area contributed by atoms with Gasteiger partial charge in [0.05, 0.1) is 0 Å². The van der Waals surface area contributed by atoms with E-state index in [0.717, 1.165) is 17.9 Å². The Morgan fingerprint density at radius 3 is 1.77 bits per heavy atom. The molecule has 4 aliphatic heterocycles. The van der Waals surface area contributed by atoms with Crippen LogP contribution in [-0.2, 0) is 0 Å². The fourth-order valence-corrected chi connectivity index (χ4v) is 4.97. The van der Waals surface area contributed by atoms with Gasteiger partial charge >= 0.3 is 0 Å². The standard InChI is InChI=1S/C10H20N2.C8H16N2.C4H10/c1-2-11-7-8-12-6-4-3-5-10(12)9-11;1-9-3-7-5-10(2)6-8(7)4-9;1-3-4-2/h10H,2-9H2,1H3;7-8H,3-6H2,1-2H3;3-4H2,1-2H3. The molecule has 0 aromatic carbocycles. The lowest BCUT2D eigenvalue weighted by Crippen LogP contribution is -2.54. The number of fused-ring (bicyclic) bond motifs is 2. The summed E-state index contributed by atoms with van der Waals surface area (Å²) in [6.45, 7) is 18.5.